The van der Waals surface area contributed by atoms with E-state index in [-0.39, 0.29) is 5.41 Å². The Morgan fingerprint density at radius 2 is 2.00 bits per heavy atom. The molecule has 1 amide bonds. The van der Waals surface area contributed by atoms with E-state index in [2.05, 4.69) is 5.73 Å². The summed E-state index contributed by atoms with van der Waals surface area (Å²) in [6.07, 6.45) is 0. The SMILES string of the molecule is NC(=O)C(=CS(=O)(=O)O)CO. The Labute approximate surface area is 63.1 Å². The Morgan fingerprint density at radius 3 is 2.09 bits per heavy atom. The lowest BCUT2D eigenvalue weighted by molar-refractivity contribution is -0.114. The molecule has 6 nitrogen and oxygen atoms in total. The number of aliphatic hydroxyl groups excluding tert-OH is 1. The van der Waals surface area contributed by atoms with Gasteiger partial charge in [-0.25, -0.2) is 0 Å². The van der Waals surface area contributed by atoms with Gasteiger partial charge in [0.1, 0.15) is 0 Å². The van der Waals surface area contributed by atoms with E-state index in [1.165, 1.54) is 0 Å². The second kappa shape index (κ2) is 3.46. The summed E-state index contributed by atoms with van der Waals surface area (Å²) < 4.78 is 28.3. The highest BCUT2D eigenvalue weighted by Gasteiger charge is 2.08. The van der Waals surface area contributed by atoms with Crippen LogP contribution in [0.15, 0.2) is 11.0 Å². The van der Waals surface area contributed by atoms with Gasteiger partial charge in [0.2, 0.25) is 5.91 Å². The zero-order valence-corrected chi connectivity index (χ0v) is 6.21. The number of primary amides is 1. The minimum absolute atomic E-state index is 0.204. The van der Waals surface area contributed by atoms with Gasteiger partial charge in [0.05, 0.1) is 17.6 Å². The molecule has 7 heteroatoms. The molecule has 4 N–H and O–H groups in total. The van der Waals surface area contributed by atoms with Crippen LogP contribution in [-0.4, -0.2) is 30.6 Å². The maximum Gasteiger partial charge on any atom is 0.288 e. The maximum absolute atomic E-state index is 10.2. The first-order valence-corrected chi connectivity index (χ1v) is 3.96. The van der Waals surface area contributed by atoms with Crippen LogP contribution < -0.4 is 5.73 Å². The summed E-state index contributed by atoms with van der Waals surface area (Å²) in [7, 11) is -4.40. The van der Waals surface area contributed by atoms with E-state index in [4.69, 9.17) is 9.66 Å². The van der Waals surface area contributed by atoms with Crippen molar-refractivity contribution in [1.29, 1.82) is 0 Å². The van der Waals surface area contributed by atoms with E-state index in [1.807, 2.05) is 0 Å². The number of nitrogens with two attached hydrogens (primary N) is 1. The van der Waals surface area contributed by atoms with Crippen LogP contribution in [0.3, 0.4) is 0 Å². The molecule has 0 aliphatic rings. The lowest BCUT2D eigenvalue weighted by Crippen LogP contribution is -2.17. The zero-order valence-electron chi connectivity index (χ0n) is 5.39. The molecule has 64 valence electrons. The van der Waals surface area contributed by atoms with Gasteiger partial charge in [-0.15, -0.1) is 0 Å². The summed E-state index contributed by atoms with van der Waals surface area (Å²) in [4.78, 5) is 10.2. The lowest BCUT2D eigenvalue weighted by Gasteiger charge is -1.94. The normalized spacial score (nSPS) is 13.1. The summed E-state index contributed by atoms with van der Waals surface area (Å²) in [5.41, 5.74) is 4.05. The molecule has 11 heavy (non-hydrogen) atoms. The van der Waals surface area contributed by atoms with Crippen LogP contribution in [0.5, 0.6) is 0 Å². The molecule has 0 aliphatic heterocycles. The quantitative estimate of drug-likeness (QED) is 0.352. The van der Waals surface area contributed by atoms with Crippen molar-refractivity contribution in [1.82, 2.24) is 0 Å². The Kier molecular flexibility index (Phi) is 3.18. The van der Waals surface area contributed by atoms with Crippen LogP contribution in [-0.2, 0) is 14.9 Å². The highest BCUT2D eigenvalue weighted by Crippen LogP contribution is 1.95. The molecule has 0 heterocycles. The van der Waals surface area contributed by atoms with Crippen LogP contribution in [0.2, 0.25) is 0 Å². The van der Waals surface area contributed by atoms with E-state index < -0.39 is 28.2 Å². The molecular weight excluding hydrogens is 174 g/mol. The number of aliphatic hydroxyl groups is 1. The molecule has 0 spiro atoms. The number of carbonyl (C=O) groups excluding carboxylic acids is 1. The van der Waals surface area contributed by atoms with Gasteiger partial charge in [-0.2, -0.15) is 8.42 Å². The highest BCUT2D eigenvalue weighted by atomic mass is 32.2. The largest absolute Gasteiger partial charge is 0.391 e. The van der Waals surface area contributed by atoms with Crippen molar-refractivity contribution in [2.24, 2.45) is 5.73 Å². The number of rotatable bonds is 3. The predicted molar refractivity (Wildman–Crippen MR) is 35.9 cm³/mol. The van der Waals surface area contributed by atoms with Crippen molar-refractivity contribution in [3.63, 3.8) is 0 Å². The van der Waals surface area contributed by atoms with E-state index >= 15 is 0 Å². The van der Waals surface area contributed by atoms with Crippen molar-refractivity contribution < 1.29 is 22.9 Å². The van der Waals surface area contributed by atoms with Gasteiger partial charge in [-0.05, 0) is 0 Å². The number of hydrogen-bond donors (Lipinski definition) is 3. The second-order valence-electron chi connectivity index (χ2n) is 1.68. The molecule has 0 rings (SSSR count). The Morgan fingerprint density at radius 1 is 1.55 bits per heavy atom. The minimum atomic E-state index is -4.40. The van der Waals surface area contributed by atoms with E-state index in [0.29, 0.717) is 0 Å². The summed E-state index contributed by atoms with van der Waals surface area (Å²) >= 11 is 0. The standard InChI is InChI=1S/C4H7NO5S/c5-4(7)3(1-6)2-11(8,9)10/h2,6H,1H2,(H2,5,7)(H,8,9,10). The van der Waals surface area contributed by atoms with E-state index in [1.54, 1.807) is 0 Å². The third kappa shape index (κ3) is 4.48. The summed E-state index contributed by atoms with van der Waals surface area (Å²) in [5, 5.41) is 8.52. The topological polar surface area (TPSA) is 118 Å². The molecule has 0 saturated heterocycles. The van der Waals surface area contributed by atoms with Gasteiger partial charge in [-0.1, -0.05) is 0 Å². The number of carbonyl (C=O) groups is 1. The third-order valence-electron chi connectivity index (χ3n) is 0.778. The van der Waals surface area contributed by atoms with Gasteiger partial charge >= 0.3 is 0 Å². The van der Waals surface area contributed by atoms with Gasteiger partial charge in [0.15, 0.2) is 0 Å². The molecule has 0 saturated carbocycles. The summed E-state index contributed by atoms with van der Waals surface area (Å²) in [6, 6.07) is 0. The van der Waals surface area contributed by atoms with Crippen LogP contribution in [0.4, 0.5) is 0 Å². The molecule has 0 bridgehead atoms. The second-order valence-corrected chi connectivity index (χ2v) is 2.95. The van der Waals surface area contributed by atoms with Crippen molar-refractivity contribution in [3.05, 3.63) is 11.0 Å². The van der Waals surface area contributed by atoms with Gasteiger partial charge in [0.25, 0.3) is 10.1 Å². The Balaban J connectivity index is 4.79. The lowest BCUT2D eigenvalue weighted by atomic mass is 10.3. The van der Waals surface area contributed by atoms with Crippen molar-refractivity contribution in [2.45, 2.75) is 0 Å². The first kappa shape index (κ1) is 10.1. The zero-order chi connectivity index (χ0) is 9.07. The molecule has 0 unspecified atom stereocenters. The molecule has 0 radical (unpaired) electrons. The van der Waals surface area contributed by atoms with Crippen LogP contribution in [0, 0.1) is 0 Å². The predicted octanol–water partition coefficient (Wildman–Crippen LogP) is -1.76. The molecule has 0 aromatic rings. The minimum Gasteiger partial charge on any atom is -0.391 e. The number of amides is 1. The molecule has 0 aromatic carbocycles. The molecule has 0 aromatic heterocycles. The van der Waals surface area contributed by atoms with Gasteiger partial charge < -0.3 is 10.8 Å². The van der Waals surface area contributed by atoms with Gasteiger partial charge in [0, 0.05) is 0 Å². The summed E-state index contributed by atoms with van der Waals surface area (Å²) in [5.74, 6) is -1.09. The fourth-order valence-corrected chi connectivity index (χ4v) is 0.903. The van der Waals surface area contributed by atoms with Gasteiger partial charge in [-0.3, -0.25) is 9.35 Å². The Bertz CT molecular complexity index is 277. The smallest absolute Gasteiger partial charge is 0.288 e. The molecule has 0 aliphatic carbocycles. The fraction of sp³-hybridized carbons (Fsp3) is 0.250. The third-order valence-corrected chi connectivity index (χ3v) is 1.36. The van der Waals surface area contributed by atoms with Crippen LogP contribution >= 0.6 is 0 Å². The van der Waals surface area contributed by atoms with Crippen LogP contribution in [0.25, 0.3) is 0 Å². The maximum atomic E-state index is 10.2. The average Bonchev–Trinajstić information content (AvgIpc) is 1.80. The number of hydrogen-bond acceptors (Lipinski definition) is 4. The van der Waals surface area contributed by atoms with E-state index in [9.17, 15) is 13.2 Å². The van der Waals surface area contributed by atoms with Crippen LogP contribution in [0.1, 0.15) is 0 Å². The first-order chi connectivity index (χ1) is 4.87. The van der Waals surface area contributed by atoms with Crippen molar-refractivity contribution in [2.75, 3.05) is 6.61 Å². The van der Waals surface area contributed by atoms with E-state index in [0.717, 1.165) is 0 Å². The fourth-order valence-electron chi connectivity index (χ4n) is 0.353. The van der Waals surface area contributed by atoms with Crippen molar-refractivity contribution >= 4 is 16.0 Å². The first-order valence-electron chi connectivity index (χ1n) is 2.45. The average molecular weight is 181 g/mol. The molecule has 0 atom stereocenters. The van der Waals surface area contributed by atoms with Crippen molar-refractivity contribution in [3.8, 4) is 0 Å². The molecular formula is C4H7NO5S. The Hall–Kier alpha value is -0.920. The molecule has 0 fully saturated rings. The highest BCUT2D eigenvalue weighted by molar-refractivity contribution is 7.88. The monoisotopic (exact) mass is 181 g/mol. The summed E-state index contributed by atoms with van der Waals surface area (Å²) in [6.45, 7) is -0.824.